The number of carbonyl (C=O) groups is 1. The van der Waals surface area contributed by atoms with Crippen molar-refractivity contribution >= 4 is 51.8 Å². The maximum Gasteiger partial charge on any atom is 0.338 e. The molecule has 0 amide bonds. The number of anilines is 4. The maximum atomic E-state index is 12.1. The van der Waals surface area contributed by atoms with Crippen LogP contribution in [0.5, 0.6) is 0 Å². The van der Waals surface area contributed by atoms with Gasteiger partial charge in [-0.25, -0.2) is 14.8 Å². The van der Waals surface area contributed by atoms with Crippen molar-refractivity contribution in [2.75, 3.05) is 48.5 Å². The van der Waals surface area contributed by atoms with Gasteiger partial charge >= 0.3 is 5.97 Å². The Kier molecular flexibility index (Phi) is 9.65. The van der Waals surface area contributed by atoms with Crippen molar-refractivity contribution in [3.63, 3.8) is 0 Å². The molecule has 1 aromatic carbocycles. The van der Waals surface area contributed by atoms with Crippen molar-refractivity contribution in [1.82, 2.24) is 39.0 Å². The summed E-state index contributed by atoms with van der Waals surface area (Å²) in [5.41, 5.74) is 14.7. The van der Waals surface area contributed by atoms with E-state index >= 15 is 0 Å². The highest BCUT2D eigenvalue weighted by atomic mass is 16.7. The Balaban J connectivity index is 0.000000156. The molecule has 0 unspecified atom stereocenters. The van der Waals surface area contributed by atoms with Gasteiger partial charge < -0.3 is 50.9 Å². The van der Waals surface area contributed by atoms with Crippen LogP contribution in [0.1, 0.15) is 61.3 Å². The molecule has 4 aliphatic rings. The van der Waals surface area contributed by atoms with Crippen LogP contribution in [0.4, 0.5) is 23.5 Å². The van der Waals surface area contributed by atoms with Crippen molar-refractivity contribution in [3.8, 4) is 0 Å². The summed E-state index contributed by atoms with van der Waals surface area (Å²) in [4.78, 5) is 38.1. The van der Waals surface area contributed by atoms with Gasteiger partial charge in [0.2, 0.25) is 11.9 Å². The third-order valence-electron chi connectivity index (χ3n) is 9.37. The van der Waals surface area contributed by atoms with Gasteiger partial charge in [-0.2, -0.15) is 19.9 Å². The normalized spacial score (nSPS) is 23.2. The van der Waals surface area contributed by atoms with Crippen LogP contribution >= 0.6 is 0 Å². The zero-order valence-corrected chi connectivity index (χ0v) is 28.2. The number of esters is 1. The van der Waals surface area contributed by atoms with E-state index in [9.17, 15) is 4.79 Å². The molecule has 4 fully saturated rings. The average Bonchev–Trinajstić information content (AvgIpc) is 3.93. The van der Waals surface area contributed by atoms with Crippen molar-refractivity contribution < 1.29 is 33.6 Å². The number of nitrogen functional groups attached to an aromatic ring is 2. The highest BCUT2D eigenvalue weighted by Crippen LogP contribution is 2.31. The van der Waals surface area contributed by atoms with E-state index in [4.69, 9.17) is 40.3 Å². The number of benzene rings is 1. The highest BCUT2D eigenvalue weighted by Gasteiger charge is 2.32. The van der Waals surface area contributed by atoms with Crippen LogP contribution in [0.2, 0.25) is 0 Å². The number of aromatic nitrogens is 8. The molecule has 2 aliphatic heterocycles. The molecule has 6 heterocycles. The molecule has 19 heteroatoms. The van der Waals surface area contributed by atoms with Crippen LogP contribution in [0.3, 0.4) is 0 Å². The van der Waals surface area contributed by atoms with Crippen molar-refractivity contribution in [2.45, 2.75) is 75.6 Å². The summed E-state index contributed by atoms with van der Waals surface area (Å²) in [5, 5.41) is 15.8. The number of aliphatic hydroxyl groups is 1. The molecule has 19 nitrogen and oxygen atoms in total. The number of nitrogens with one attached hydrogen (secondary N) is 2. The molecule has 0 spiro atoms. The Morgan fingerprint density at radius 2 is 1.31 bits per heavy atom. The molecule has 0 bridgehead atoms. The van der Waals surface area contributed by atoms with Gasteiger partial charge in [-0.05, 0) is 50.7 Å². The third kappa shape index (κ3) is 7.13. The van der Waals surface area contributed by atoms with E-state index < -0.39 is 24.8 Å². The second-order valence-corrected chi connectivity index (χ2v) is 12.9. The fourth-order valence-corrected chi connectivity index (χ4v) is 6.14. The molecule has 5 aromatic rings. The number of hydrogen-bond acceptors (Lipinski definition) is 17. The lowest BCUT2D eigenvalue weighted by atomic mass is 9.93. The highest BCUT2D eigenvalue weighted by molar-refractivity contribution is 5.89. The van der Waals surface area contributed by atoms with E-state index in [1.54, 1.807) is 46.1 Å². The van der Waals surface area contributed by atoms with Gasteiger partial charge in [0.1, 0.15) is 6.61 Å². The lowest BCUT2D eigenvalue weighted by molar-refractivity contribution is -0.102. The first-order valence-corrected chi connectivity index (χ1v) is 17.3. The summed E-state index contributed by atoms with van der Waals surface area (Å²) in [5.74, 6) is 1.22. The van der Waals surface area contributed by atoms with Gasteiger partial charge in [-0.1, -0.05) is 18.2 Å². The molecule has 52 heavy (non-hydrogen) atoms. The molecule has 9 rings (SSSR count). The minimum atomic E-state index is -0.674. The topological polar surface area (TPSA) is 247 Å². The fraction of sp³-hybridized carbons (Fsp3) is 0.485. The van der Waals surface area contributed by atoms with Crippen LogP contribution < -0.4 is 22.1 Å². The SMILES string of the molecule is Nc1nc(NC2CCC2)c2ncn([C@H]3CO[C@@H](CO)O3)c2n1.Nc1nc(NC2CCC2)c2ncn([C@H]3CO[C@@H](COC(=O)c4ccccc4)O3)c2n1. The monoisotopic (exact) mass is 716 g/mol. The van der Waals surface area contributed by atoms with E-state index in [0.29, 0.717) is 58.2 Å². The fourth-order valence-electron chi connectivity index (χ4n) is 6.14. The number of ether oxygens (including phenoxy) is 5. The van der Waals surface area contributed by atoms with Crippen molar-refractivity contribution in [1.29, 1.82) is 0 Å². The number of rotatable bonds is 10. The zero-order valence-electron chi connectivity index (χ0n) is 28.2. The summed E-state index contributed by atoms with van der Waals surface area (Å²) < 4.78 is 31.3. The standard InChI is InChI=1S/C20H22N6O4.C13H18N6O3/c21-20-24-17(23-13-7-4-8-13)16-18(25-20)26(11-22-16)14-9-28-15(30-14)10-29-19(27)12-5-2-1-3-6-12;14-13-17-11(16-7-2-1-3-7)10-12(18-13)19(6-15-10)8-5-21-9(4-20)22-8/h1-3,5-6,11,13-15H,4,7-10H2,(H3,21,23,24,25);6-9,20H,1-5H2,(H3,14,16,17,18)/t14-,15-;8-,9-/m11/s1. The van der Waals surface area contributed by atoms with E-state index in [1.807, 2.05) is 6.07 Å². The van der Waals surface area contributed by atoms with E-state index in [-0.39, 0.29) is 37.9 Å². The number of nitrogens with zero attached hydrogens (tertiary/aromatic N) is 8. The summed E-state index contributed by atoms with van der Waals surface area (Å²) in [6.45, 7) is 0.400. The number of fused-ring (bicyclic) bond motifs is 2. The first-order chi connectivity index (χ1) is 25.4. The predicted molar refractivity (Wildman–Crippen MR) is 186 cm³/mol. The van der Waals surface area contributed by atoms with Crippen LogP contribution in [-0.2, 0) is 23.7 Å². The first kappa shape index (κ1) is 33.9. The number of hydrogen-bond donors (Lipinski definition) is 5. The largest absolute Gasteiger partial charge is 0.457 e. The zero-order chi connectivity index (χ0) is 35.6. The molecule has 2 saturated carbocycles. The van der Waals surface area contributed by atoms with Crippen LogP contribution in [0.25, 0.3) is 22.3 Å². The second-order valence-electron chi connectivity index (χ2n) is 12.9. The van der Waals surface area contributed by atoms with Crippen LogP contribution in [0.15, 0.2) is 43.0 Å². The Bertz CT molecular complexity index is 2020. The summed E-state index contributed by atoms with van der Waals surface area (Å²) in [6.07, 6.45) is 8.05. The smallest absolute Gasteiger partial charge is 0.338 e. The third-order valence-corrected chi connectivity index (χ3v) is 9.37. The van der Waals surface area contributed by atoms with Crippen LogP contribution in [-0.4, -0.2) is 101 Å². The summed E-state index contributed by atoms with van der Waals surface area (Å²) >= 11 is 0. The Morgan fingerprint density at radius 1 is 0.788 bits per heavy atom. The number of nitrogens with two attached hydrogens (primary N) is 2. The lowest BCUT2D eigenvalue weighted by Crippen LogP contribution is -2.27. The van der Waals surface area contributed by atoms with Crippen LogP contribution in [0, 0.1) is 0 Å². The molecule has 4 aromatic heterocycles. The number of imidazole rings is 2. The minimum Gasteiger partial charge on any atom is -0.457 e. The van der Waals surface area contributed by atoms with E-state index in [2.05, 4.69) is 40.5 Å². The molecule has 274 valence electrons. The molecular weight excluding hydrogens is 676 g/mol. The molecule has 2 aliphatic carbocycles. The molecular formula is C33H40N12O7. The molecule has 0 radical (unpaired) electrons. The molecule has 2 saturated heterocycles. The van der Waals surface area contributed by atoms with E-state index in [1.165, 1.54) is 12.8 Å². The quantitative estimate of drug-likeness (QED) is 0.130. The summed E-state index contributed by atoms with van der Waals surface area (Å²) in [6, 6.07) is 9.59. The van der Waals surface area contributed by atoms with Gasteiger partial charge in [0.05, 0.1) is 38.0 Å². The molecule has 4 atom stereocenters. The second kappa shape index (κ2) is 14.8. The summed E-state index contributed by atoms with van der Waals surface area (Å²) in [7, 11) is 0. The Morgan fingerprint density at radius 3 is 1.79 bits per heavy atom. The minimum absolute atomic E-state index is 0.0114. The maximum absolute atomic E-state index is 12.1. The van der Waals surface area contributed by atoms with Crippen molar-refractivity contribution in [2.24, 2.45) is 0 Å². The average molecular weight is 717 g/mol. The molecule has 7 N–H and O–H groups in total. The predicted octanol–water partition coefficient (Wildman–Crippen LogP) is 2.34. The Labute approximate surface area is 297 Å². The number of aliphatic hydroxyl groups excluding tert-OH is 1. The van der Waals surface area contributed by atoms with Gasteiger partial charge in [-0.15, -0.1) is 0 Å². The van der Waals surface area contributed by atoms with Gasteiger partial charge in [-0.3, -0.25) is 9.13 Å². The van der Waals surface area contributed by atoms with Crippen molar-refractivity contribution in [3.05, 3.63) is 48.5 Å². The Hall–Kier alpha value is -5.21. The van der Waals surface area contributed by atoms with Gasteiger partial charge in [0, 0.05) is 12.1 Å². The lowest BCUT2D eigenvalue weighted by Gasteiger charge is -2.26. The van der Waals surface area contributed by atoms with Gasteiger partial charge in [0.15, 0.2) is 59.0 Å². The van der Waals surface area contributed by atoms with Gasteiger partial charge in [0.25, 0.3) is 0 Å². The first-order valence-electron chi connectivity index (χ1n) is 17.3. The number of carbonyl (C=O) groups excluding carboxylic acids is 1. The van der Waals surface area contributed by atoms with E-state index in [0.717, 1.165) is 25.7 Å².